The van der Waals surface area contributed by atoms with Gasteiger partial charge in [-0.1, -0.05) is 22.0 Å². The summed E-state index contributed by atoms with van der Waals surface area (Å²) in [6.45, 7) is 6.43. The van der Waals surface area contributed by atoms with E-state index in [1.54, 1.807) is 0 Å². The number of hydrogen-bond acceptors (Lipinski definition) is 2. The van der Waals surface area contributed by atoms with Crippen LogP contribution in [0.4, 0.5) is 5.69 Å². The van der Waals surface area contributed by atoms with E-state index in [-0.39, 0.29) is 0 Å². The molecule has 0 aliphatic rings. The zero-order valence-corrected chi connectivity index (χ0v) is 14.0. The molecule has 4 heteroatoms. The van der Waals surface area contributed by atoms with Gasteiger partial charge in [-0.2, -0.15) is 0 Å². The molecule has 21 heavy (non-hydrogen) atoms. The molecule has 3 nitrogen and oxygen atoms in total. The number of aromatic nitrogens is 2. The summed E-state index contributed by atoms with van der Waals surface area (Å²) >= 11 is 3.61. The highest BCUT2D eigenvalue weighted by Gasteiger charge is 2.17. The van der Waals surface area contributed by atoms with E-state index in [1.807, 2.05) is 18.2 Å². The number of aryl methyl sites for hydroxylation is 1. The summed E-state index contributed by atoms with van der Waals surface area (Å²) in [7, 11) is 0. The topological polar surface area (TPSA) is 43.8 Å². The number of anilines is 1. The Kier molecular flexibility index (Phi) is 3.49. The molecule has 0 bridgehead atoms. The van der Waals surface area contributed by atoms with Crippen LogP contribution in [0.1, 0.15) is 25.5 Å². The lowest BCUT2D eigenvalue weighted by molar-refractivity contribution is 0.624. The third-order valence-corrected chi connectivity index (χ3v) is 4.28. The van der Waals surface area contributed by atoms with Gasteiger partial charge in [-0.3, -0.25) is 0 Å². The summed E-state index contributed by atoms with van der Waals surface area (Å²) in [4.78, 5) is 4.84. The summed E-state index contributed by atoms with van der Waals surface area (Å²) in [5, 5.41) is 0. The average Bonchev–Trinajstić information content (AvgIpc) is 2.79. The van der Waals surface area contributed by atoms with Crippen LogP contribution < -0.4 is 5.73 Å². The number of hydrogen-bond donors (Lipinski definition) is 1. The van der Waals surface area contributed by atoms with Gasteiger partial charge in [0.2, 0.25) is 0 Å². The number of rotatable bonds is 2. The standard InChI is InChI=1S/C17H18BrN3/c1-10(2)21-16-7-4-11(3)8-15(16)20-17(21)13-9-12(19)5-6-14(13)18/h4-10H,19H2,1-3H3. The predicted octanol–water partition coefficient (Wildman–Crippen LogP) is 4.94. The van der Waals surface area contributed by atoms with Gasteiger partial charge in [0.1, 0.15) is 5.82 Å². The Labute approximate surface area is 132 Å². The van der Waals surface area contributed by atoms with Gasteiger partial charge in [0.05, 0.1) is 11.0 Å². The first-order valence-electron chi connectivity index (χ1n) is 7.01. The minimum atomic E-state index is 0.320. The van der Waals surface area contributed by atoms with Crippen molar-refractivity contribution in [2.45, 2.75) is 26.8 Å². The van der Waals surface area contributed by atoms with Crippen LogP contribution in [0.15, 0.2) is 40.9 Å². The maximum atomic E-state index is 5.95. The second-order valence-electron chi connectivity index (χ2n) is 5.63. The lowest BCUT2D eigenvalue weighted by Crippen LogP contribution is -2.03. The van der Waals surface area contributed by atoms with Gasteiger partial charge in [0.25, 0.3) is 0 Å². The molecule has 0 atom stereocenters. The van der Waals surface area contributed by atoms with Gasteiger partial charge in [0.15, 0.2) is 0 Å². The van der Waals surface area contributed by atoms with Crippen LogP contribution in [-0.2, 0) is 0 Å². The van der Waals surface area contributed by atoms with Crippen molar-refractivity contribution in [2.24, 2.45) is 0 Å². The fourth-order valence-electron chi connectivity index (χ4n) is 2.64. The lowest BCUT2D eigenvalue weighted by Gasteiger charge is -2.14. The van der Waals surface area contributed by atoms with Crippen molar-refractivity contribution < 1.29 is 0 Å². The summed E-state index contributed by atoms with van der Waals surface area (Å²) < 4.78 is 3.26. The largest absolute Gasteiger partial charge is 0.399 e. The number of imidazole rings is 1. The van der Waals surface area contributed by atoms with Gasteiger partial charge >= 0.3 is 0 Å². The van der Waals surface area contributed by atoms with Gasteiger partial charge in [0, 0.05) is 21.8 Å². The Balaban J connectivity index is 2.36. The highest BCUT2D eigenvalue weighted by atomic mass is 79.9. The molecule has 0 aliphatic heterocycles. The first kappa shape index (κ1) is 14.1. The third kappa shape index (κ3) is 2.44. The summed E-state index contributed by atoms with van der Waals surface area (Å²) in [6, 6.07) is 12.5. The van der Waals surface area contributed by atoms with Crippen LogP contribution in [-0.4, -0.2) is 9.55 Å². The maximum Gasteiger partial charge on any atom is 0.142 e. The fraction of sp³-hybridized carbons (Fsp3) is 0.235. The van der Waals surface area contributed by atoms with E-state index in [0.717, 1.165) is 32.6 Å². The van der Waals surface area contributed by atoms with E-state index in [4.69, 9.17) is 10.7 Å². The van der Waals surface area contributed by atoms with Crippen molar-refractivity contribution in [3.63, 3.8) is 0 Å². The normalized spacial score (nSPS) is 11.5. The third-order valence-electron chi connectivity index (χ3n) is 3.59. The van der Waals surface area contributed by atoms with E-state index in [1.165, 1.54) is 5.56 Å². The van der Waals surface area contributed by atoms with Crippen LogP contribution in [0, 0.1) is 6.92 Å². The van der Waals surface area contributed by atoms with Crippen LogP contribution >= 0.6 is 15.9 Å². The molecule has 0 amide bonds. The number of nitrogen functional groups attached to an aromatic ring is 1. The second-order valence-corrected chi connectivity index (χ2v) is 6.48. The molecule has 0 radical (unpaired) electrons. The molecule has 0 spiro atoms. The minimum Gasteiger partial charge on any atom is -0.399 e. The Hall–Kier alpha value is -1.81. The fourth-order valence-corrected chi connectivity index (χ4v) is 3.06. The zero-order chi connectivity index (χ0) is 15.1. The smallest absolute Gasteiger partial charge is 0.142 e. The van der Waals surface area contributed by atoms with E-state index < -0.39 is 0 Å². The van der Waals surface area contributed by atoms with Crippen molar-refractivity contribution in [1.82, 2.24) is 9.55 Å². The van der Waals surface area contributed by atoms with Gasteiger partial charge in [-0.05, 0) is 56.7 Å². The van der Waals surface area contributed by atoms with Crippen LogP contribution in [0.2, 0.25) is 0 Å². The highest BCUT2D eigenvalue weighted by Crippen LogP contribution is 2.34. The van der Waals surface area contributed by atoms with E-state index in [9.17, 15) is 0 Å². The minimum absolute atomic E-state index is 0.320. The second kappa shape index (κ2) is 5.19. The maximum absolute atomic E-state index is 5.95. The molecule has 1 aromatic heterocycles. The molecule has 0 unspecified atom stereocenters. The molecule has 0 saturated heterocycles. The SMILES string of the molecule is Cc1ccc2c(c1)nc(-c1cc(N)ccc1Br)n2C(C)C. The molecule has 2 N–H and O–H groups in total. The van der Waals surface area contributed by atoms with Crippen LogP contribution in [0.3, 0.4) is 0 Å². The molecule has 3 rings (SSSR count). The van der Waals surface area contributed by atoms with Crippen LogP contribution in [0.5, 0.6) is 0 Å². The molecule has 0 saturated carbocycles. The lowest BCUT2D eigenvalue weighted by atomic mass is 10.2. The molecule has 108 valence electrons. The van der Waals surface area contributed by atoms with Gasteiger partial charge in [-0.15, -0.1) is 0 Å². The first-order chi connectivity index (χ1) is 9.97. The number of halogens is 1. The number of fused-ring (bicyclic) bond motifs is 1. The monoisotopic (exact) mass is 343 g/mol. The van der Waals surface area contributed by atoms with E-state index >= 15 is 0 Å². The number of nitrogens with zero attached hydrogens (tertiary/aromatic N) is 2. The van der Waals surface area contributed by atoms with Crippen molar-refractivity contribution in [3.8, 4) is 11.4 Å². The van der Waals surface area contributed by atoms with Gasteiger partial charge < -0.3 is 10.3 Å². The van der Waals surface area contributed by atoms with Crippen molar-refractivity contribution >= 4 is 32.7 Å². The molecule has 1 heterocycles. The molecule has 3 aromatic rings. The van der Waals surface area contributed by atoms with Crippen molar-refractivity contribution in [2.75, 3.05) is 5.73 Å². The first-order valence-corrected chi connectivity index (χ1v) is 7.80. The highest BCUT2D eigenvalue weighted by molar-refractivity contribution is 9.10. The number of nitrogens with two attached hydrogens (primary N) is 1. The van der Waals surface area contributed by atoms with E-state index in [2.05, 4.69) is 59.5 Å². The predicted molar refractivity (Wildman–Crippen MR) is 92.4 cm³/mol. The summed E-state index contributed by atoms with van der Waals surface area (Å²) in [5.74, 6) is 0.949. The summed E-state index contributed by atoms with van der Waals surface area (Å²) in [5.41, 5.74) is 11.1. The Morgan fingerprint density at radius 2 is 1.90 bits per heavy atom. The Morgan fingerprint density at radius 3 is 2.62 bits per heavy atom. The zero-order valence-electron chi connectivity index (χ0n) is 12.4. The number of benzene rings is 2. The van der Waals surface area contributed by atoms with Crippen molar-refractivity contribution in [3.05, 3.63) is 46.4 Å². The average molecular weight is 344 g/mol. The Morgan fingerprint density at radius 1 is 1.14 bits per heavy atom. The quantitative estimate of drug-likeness (QED) is 0.670. The van der Waals surface area contributed by atoms with Gasteiger partial charge in [-0.25, -0.2) is 4.98 Å². The summed E-state index contributed by atoms with van der Waals surface area (Å²) in [6.07, 6.45) is 0. The molecule has 2 aromatic carbocycles. The molecule has 0 aliphatic carbocycles. The molecule has 0 fully saturated rings. The van der Waals surface area contributed by atoms with E-state index in [0.29, 0.717) is 6.04 Å². The molecular formula is C17H18BrN3. The van der Waals surface area contributed by atoms with Crippen molar-refractivity contribution in [1.29, 1.82) is 0 Å². The van der Waals surface area contributed by atoms with Crippen LogP contribution in [0.25, 0.3) is 22.4 Å². The molecular weight excluding hydrogens is 326 g/mol. The Bertz CT molecular complexity index is 818.